The van der Waals surface area contributed by atoms with Crippen molar-refractivity contribution in [3.63, 3.8) is 0 Å². The number of primary amides is 1. The number of nitrogens with zero attached hydrogens (tertiary/aromatic N) is 1. The lowest BCUT2D eigenvalue weighted by atomic mass is 9.86. The molecule has 1 aliphatic rings. The third-order valence-electron chi connectivity index (χ3n) is 5.29. The highest BCUT2D eigenvalue weighted by molar-refractivity contribution is 7.98. The summed E-state index contributed by atoms with van der Waals surface area (Å²) in [5, 5.41) is 2.94. The third-order valence-corrected chi connectivity index (χ3v) is 6.21. The molecule has 0 aliphatic carbocycles. The summed E-state index contributed by atoms with van der Waals surface area (Å²) in [6.07, 6.45) is 0.0343. The number of amides is 2. The Labute approximate surface area is 204 Å². The highest BCUT2D eigenvalue weighted by Gasteiger charge is 2.31. The molecule has 4 rings (SSSR count). The van der Waals surface area contributed by atoms with Crippen LogP contribution in [0.2, 0.25) is 0 Å². The van der Waals surface area contributed by atoms with E-state index in [1.54, 1.807) is 43.3 Å². The maximum Gasteiger partial charge on any atom is 0.257 e. The van der Waals surface area contributed by atoms with Crippen molar-refractivity contribution in [1.29, 1.82) is 0 Å². The van der Waals surface area contributed by atoms with E-state index in [4.69, 9.17) is 15.2 Å². The minimum atomic E-state index is -0.629. The van der Waals surface area contributed by atoms with E-state index in [0.717, 1.165) is 11.8 Å². The van der Waals surface area contributed by atoms with Crippen molar-refractivity contribution in [2.45, 2.75) is 30.2 Å². The van der Waals surface area contributed by atoms with E-state index in [9.17, 15) is 18.8 Å². The number of H-pyrrole nitrogens is 1. The standard InChI is InChI=1S/C24H23FN4O5S/c1-2-33-18-9-13(7-8-17(18)34-11-19(26)30)15-10-20(31)27-22-21(15)23(32)29-24(28-22)35-12-14-5-3-4-6-16(14)25/h3-9,15H,2,10-12H2,1H3,(H2,26,30)(H2,27,28,29,31,32)/t15-/m1/s1. The van der Waals surface area contributed by atoms with Crippen LogP contribution < -0.4 is 26.1 Å². The number of benzene rings is 2. The molecule has 2 aromatic carbocycles. The molecular formula is C24H23FN4O5S. The second-order valence-corrected chi connectivity index (χ2v) is 8.68. The summed E-state index contributed by atoms with van der Waals surface area (Å²) in [6.45, 7) is 1.82. The first-order valence-electron chi connectivity index (χ1n) is 10.8. The number of nitrogens with two attached hydrogens (primary N) is 1. The molecule has 182 valence electrons. The van der Waals surface area contributed by atoms with Crippen molar-refractivity contribution in [1.82, 2.24) is 9.97 Å². The van der Waals surface area contributed by atoms with Gasteiger partial charge in [-0.1, -0.05) is 36.0 Å². The number of aromatic amines is 1. The van der Waals surface area contributed by atoms with Gasteiger partial charge in [0.15, 0.2) is 23.3 Å². The van der Waals surface area contributed by atoms with Crippen LogP contribution in [-0.4, -0.2) is 35.0 Å². The van der Waals surface area contributed by atoms with Gasteiger partial charge in [-0.25, -0.2) is 9.37 Å². The fourth-order valence-electron chi connectivity index (χ4n) is 3.74. The molecule has 0 saturated heterocycles. The Morgan fingerprint density at radius 1 is 1.20 bits per heavy atom. The summed E-state index contributed by atoms with van der Waals surface area (Å²) in [5.74, 6) is -0.739. The largest absolute Gasteiger partial charge is 0.490 e. The molecule has 0 unspecified atom stereocenters. The Morgan fingerprint density at radius 3 is 2.74 bits per heavy atom. The fourth-order valence-corrected chi connectivity index (χ4v) is 4.59. The zero-order valence-corrected chi connectivity index (χ0v) is 19.6. The lowest BCUT2D eigenvalue weighted by molar-refractivity contribution is -0.120. The summed E-state index contributed by atoms with van der Waals surface area (Å²) < 4.78 is 25.0. The smallest absolute Gasteiger partial charge is 0.257 e. The van der Waals surface area contributed by atoms with Crippen molar-refractivity contribution in [3.05, 3.63) is 75.3 Å². The van der Waals surface area contributed by atoms with E-state index in [1.807, 2.05) is 0 Å². The number of aromatic nitrogens is 2. The normalized spacial score (nSPS) is 14.7. The van der Waals surface area contributed by atoms with Crippen LogP contribution in [0.5, 0.6) is 11.5 Å². The van der Waals surface area contributed by atoms with Gasteiger partial charge in [0.2, 0.25) is 5.91 Å². The lowest BCUT2D eigenvalue weighted by Crippen LogP contribution is -2.31. The topological polar surface area (TPSA) is 136 Å². The number of rotatable bonds is 9. The molecular weight excluding hydrogens is 475 g/mol. The Kier molecular flexibility index (Phi) is 7.35. The zero-order valence-electron chi connectivity index (χ0n) is 18.8. The first kappa shape index (κ1) is 24.3. The first-order chi connectivity index (χ1) is 16.9. The predicted molar refractivity (Wildman–Crippen MR) is 128 cm³/mol. The molecule has 1 aromatic heterocycles. The van der Waals surface area contributed by atoms with E-state index in [1.165, 1.54) is 6.07 Å². The highest BCUT2D eigenvalue weighted by Crippen LogP contribution is 2.38. The van der Waals surface area contributed by atoms with E-state index >= 15 is 0 Å². The van der Waals surface area contributed by atoms with Gasteiger partial charge in [-0.15, -0.1) is 0 Å². The summed E-state index contributed by atoms with van der Waals surface area (Å²) in [6, 6.07) is 11.3. The number of hydrogen-bond acceptors (Lipinski definition) is 7. The quantitative estimate of drug-likeness (QED) is 0.305. The zero-order chi connectivity index (χ0) is 24.9. The van der Waals surface area contributed by atoms with E-state index in [0.29, 0.717) is 34.8 Å². The minimum absolute atomic E-state index is 0.0343. The molecule has 9 nitrogen and oxygen atoms in total. The van der Waals surface area contributed by atoms with Gasteiger partial charge in [0.1, 0.15) is 11.6 Å². The van der Waals surface area contributed by atoms with Gasteiger partial charge >= 0.3 is 0 Å². The van der Waals surface area contributed by atoms with Crippen LogP contribution in [-0.2, 0) is 15.3 Å². The average molecular weight is 499 g/mol. The SMILES string of the molecule is CCOc1cc([C@H]2CC(=O)Nc3nc(SCc4ccccc4F)[nH]c(=O)c32)ccc1OCC(N)=O. The number of carbonyl (C=O) groups is 2. The number of ether oxygens (including phenoxy) is 2. The first-order valence-corrected chi connectivity index (χ1v) is 11.8. The van der Waals surface area contributed by atoms with Crippen LogP contribution in [0.4, 0.5) is 10.2 Å². The summed E-state index contributed by atoms with van der Waals surface area (Å²) in [4.78, 5) is 43.8. The number of fused-ring (bicyclic) bond motifs is 1. The fraction of sp³-hybridized carbons (Fsp3) is 0.250. The molecule has 1 aliphatic heterocycles. The molecule has 0 radical (unpaired) electrons. The number of nitrogens with one attached hydrogen (secondary N) is 2. The van der Waals surface area contributed by atoms with Crippen LogP contribution in [0.1, 0.15) is 36.0 Å². The second kappa shape index (κ2) is 10.6. The molecule has 1 atom stereocenters. The summed E-state index contributed by atoms with van der Waals surface area (Å²) in [7, 11) is 0. The van der Waals surface area contributed by atoms with Crippen molar-refractivity contribution in [2.24, 2.45) is 5.73 Å². The van der Waals surface area contributed by atoms with E-state index in [-0.39, 0.29) is 41.5 Å². The van der Waals surface area contributed by atoms with E-state index in [2.05, 4.69) is 15.3 Å². The Balaban J connectivity index is 1.64. The molecule has 4 N–H and O–H groups in total. The number of anilines is 1. The molecule has 0 spiro atoms. The van der Waals surface area contributed by atoms with Gasteiger partial charge in [0.05, 0.1) is 12.2 Å². The third kappa shape index (κ3) is 5.62. The number of carbonyl (C=O) groups excluding carboxylic acids is 2. The van der Waals surface area contributed by atoms with Gasteiger partial charge < -0.3 is 25.5 Å². The van der Waals surface area contributed by atoms with Gasteiger partial charge in [-0.3, -0.25) is 14.4 Å². The molecule has 35 heavy (non-hydrogen) atoms. The summed E-state index contributed by atoms with van der Waals surface area (Å²) in [5.41, 5.74) is 6.19. The van der Waals surface area contributed by atoms with Gasteiger partial charge in [-0.05, 0) is 36.2 Å². The molecule has 0 saturated carbocycles. The summed E-state index contributed by atoms with van der Waals surface area (Å²) >= 11 is 1.16. The average Bonchev–Trinajstić information content (AvgIpc) is 2.82. The van der Waals surface area contributed by atoms with Gasteiger partial charge in [-0.2, -0.15) is 0 Å². The van der Waals surface area contributed by atoms with Crippen LogP contribution in [0.3, 0.4) is 0 Å². The Morgan fingerprint density at radius 2 is 2.00 bits per heavy atom. The van der Waals surface area contributed by atoms with Crippen LogP contribution >= 0.6 is 11.8 Å². The molecule has 2 amide bonds. The molecule has 0 fully saturated rings. The van der Waals surface area contributed by atoms with Crippen molar-refractivity contribution >= 4 is 29.4 Å². The molecule has 3 aromatic rings. The van der Waals surface area contributed by atoms with Crippen molar-refractivity contribution < 1.29 is 23.5 Å². The number of hydrogen-bond donors (Lipinski definition) is 3. The molecule has 0 bridgehead atoms. The van der Waals surface area contributed by atoms with Gasteiger partial charge in [0, 0.05) is 18.1 Å². The lowest BCUT2D eigenvalue weighted by Gasteiger charge is -2.25. The highest BCUT2D eigenvalue weighted by atomic mass is 32.2. The van der Waals surface area contributed by atoms with Gasteiger partial charge in [0.25, 0.3) is 11.5 Å². The minimum Gasteiger partial charge on any atom is -0.490 e. The Bertz CT molecular complexity index is 1330. The van der Waals surface area contributed by atoms with Crippen LogP contribution in [0.15, 0.2) is 52.4 Å². The van der Waals surface area contributed by atoms with Crippen LogP contribution in [0, 0.1) is 5.82 Å². The predicted octanol–water partition coefficient (Wildman–Crippen LogP) is 2.94. The number of halogens is 1. The maximum atomic E-state index is 13.9. The van der Waals surface area contributed by atoms with Crippen molar-refractivity contribution in [2.75, 3.05) is 18.5 Å². The molecule has 11 heteroatoms. The Hall–Kier alpha value is -3.86. The second-order valence-electron chi connectivity index (χ2n) is 7.71. The monoisotopic (exact) mass is 498 g/mol. The number of thioether (sulfide) groups is 1. The maximum absolute atomic E-state index is 13.9. The van der Waals surface area contributed by atoms with Crippen LogP contribution in [0.25, 0.3) is 0 Å². The van der Waals surface area contributed by atoms with E-state index < -0.39 is 17.4 Å². The molecule has 2 heterocycles. The van der Waals surface area contributed by atoms with Crippen molar-refractivity contribution in [3.8, 4) is 11.5 Å².